The molecule has 0 saturated carbocycles. The van der Waals surface area contributed by atoms with Gasteiger partial charge in [-0.3, -0.25) is 0 Å². The first-order chi connectivity index (χ1) is 10.6. The molecule has 24 heavy (non-hydrogen) atoms. The molecule has 0 amide bonds. The van der Waals surface area contributed by atoms with Crippen molar-refractivity contribution in [2.45, 2.75) is 66.3 Å². The van der Waals surface area contributed by atoms with Crippen molar-refractivity contribution in [2.24, 2.45) is 5.41 Å². The normalized spacial score (nSPS) is 14.2. The molecule has 1 N–H and O–H groups in total. The molecule has 136 valence electrons. The summed E-state index contributed by atoms with van der Waals surface area (Å²) in [5.41, 5.74) is -1.25. The van der Waals surface area contributed by atoms with Crippen molar-refractivity contribution in [3.8, 4) is 0 Å². The molecule has 1 atom stereocenters. The quantitative estimate of drug-likeness (QED) is 0.767. The zero-order chi connectivity index (χ0) is 18.9. The molecule has 0 aliphatic carbocycles. The fourth-order valence-electron chi connectivity index (χ4n) is 2.19. The van der Waals surface area contributed by atoms with Gasteiger partial charge in [0, 0.05) is 5.69 Å². The number of rotatable bonds is 3. The number of carbonyl (C=O) groups excluding carboxylic acids is 1. The molecule has 0 aliphatic rings. The van der Waals surface area contributed by atoms with E-state index in [0.29, 0.717) is 5.56 Å². The Labute approximate surface area is 141 Å². The Bertz CT molecular complexity index is 596. The van der Waals surface area contributed by atoms with Crippen LogP contribution in [0.5, 0.6) is 0 Å². The molecular weight excluding hydrogens is 319 g/mol. The summed E-state index contributed by atoms with van der Waals surface area (Å²) in [4.78, 5) is 12.5. The Morgan fingerprint density at radius 3 is 2.00 bits per heavy atom. The van der Waals surface area contributed by atoms with Crippen molar-refractivity contribution in [3.05, 3.63) is 29.3 Å². The number of aryl methyl sites for hydroxylation is 1. The van der Waals surface area contributed by atoms with Crippen molar-refractivity contribution < 1.29 is 22.7 Å². The number of esters is 1. The van der Waals surface area contributed by atoms with Crippen molar-refractivity contribution in [2.75, 3.05) is 5.32 Å². The van der Waals surface area contributed by atoms with Gasteiger partial charge in [0.2, 0.25) is 0 Å². The van der Waals surface area contributed by atoms with Crippen molar-refractivity contribution in [3.63, 3.8) is 0 Å². The van der Waals surface area contributed by atoms with E-state index in [1.807, 2.05) is 20.8 Å². The summed E-state index contributed by atoms with van der Waals surface area (Å²) < 4.78 is 44.3. The first kappa shape index (κ1) is 20.3. The minimum atomic E-state index is -4.44. The predicted octanol–water partition coefficient (Wildman–Crippen LogP) is 5.18. The minimum Gasteiger partial charge on any atom is -0.458 e. The highest BCUT2D eigenvalue weighted by atomic mass is 19.4. The summed E-state index contributed by atoms with van der Waals surface area (Å²) in [5.74, 6) is -0.495. The molecule has 3 nitrogen and oxygen atoms in total. The Morgan fingerprint density at radius 1 is 1.04 bits per heavy atom. The van der Waals surface area contributed by atoms with Gasteiger partial charge >= 0.3 is 12.1 Å². The maximum Gasteiger partial charge on any atom is 0.416 e. The highest BCUT2D eigenvalue weighted by Crippen LogP contribution is 2.33. The average Bonchev–Trinajstić information content (AvgIpc) is 2.30. The van der Waals surface area contributed by atoms with E-state index >= 15 is 0 Å². The standard InChI is InChI=1S/C18H26F3NO2/c1-11-8-12(18(19,20)21)10-13(9-11)22-14(16(2,3)4)15(23)24-17(5,6)7/h8-10,14,22H,1-7H3/t14-/m1/s1. The van der Waals surface area contributed by atoms with Crippen LogP contribution in [0, 0.1) is 12.3 Å². The van der Waals surface area contributed by atoms with E-state index in [-0.39, 0.29) is 5.69 Å². The Morgan fingerprint density at radius 2 is 1.58 bits per heavy atom. The lowest BCUT2D eigenvalue weighted by molar-refractivity contribution is -0.158. The maximum atomic E-state index is 13.0. The molecule has 0 spiro atoms. The van der Waals surface area contributed by atoms with Crippen molar-refractivity contribution in [1.29, 1.82) is 0 Å². The fraction of sp³-hybridized carbons (Fsp3) is 0.611. The summed E-state index contributed by atoms with van der Waals surface area (Å²) in [5, 5.41) is 2.92. The Kier molecular flexibility index (Phi) is 5.63. The number of carbonyl (C=O) groups is 1. The van der Waals surface area contributed by atoms with Crippen LogP contribution in [0.3, 0.4) is 0 Å². The van der Waals surface area contributed by atoms with Gasteiger partial charge in [-0.2, -0.15) is 13.2 Å². The van der Waals surface area contributed by atoms with E-state index in [0.717, 1.165) is 12.1 Å². The van der Waals surface area contributed by atoms with E-state index in [1.165, 1.54) is 0 Å². The molecule has 0 unspecified atom stereocenters. The lowest BCUT2D eigenvalue weighted by Gasteiger charge is -2.33. The van der Waals surface area contributed by atoms with Gasteiger partial charge < -0.3 is 10.1 Å². The van der Waals surface area contributed by atoms with Gasteiger partial charge in [0.25, 0.3) is 0 Å². The zero-order valence-corrected chi connectivity index (χ0v) is 15.3. The molecule has 6 heteroatoms. The smallest absolute Gasteiger partial charge is 0.416 e. The average molecular weight is 345 g/mol. The van der Waals surface area contributed by atoms with Gasteiger partial charge in [0.1, 0.15) is 11.6 Å². The van der Waals surface area contributed by atoms with E-state index in [1.54, 1.807) is 33.8 Å². The molecule has 1 aromatic rings. The molecule has 0 fully saturated rings. The van der Waals surface area contributed by atoms with E-state index in [4.69, 9.17) is 4.74 Å². The van der Waals surface area contributed by atoms with Crippen LogP contribution in [0.15, 0.2) is 18.2 Å². The Hall–Kier alpha value is -1.72. The molecule has 0 heterocycles. The van der Waals surface area contributed by atoms with Crippen molar-refractivity contribution >= 4 is 11.7 Å². The zero-order valence-electron chi connectivity index (χ0n) is 15.3. The van der Waals surface area contributed by atoms with Gasteiger partial charge in [0.15, 0.2) is 0 Å². The summed E-state index contributed by atoms with van der Waals surface area (Å²) in [7, 11) is 0. The van der Waals surface area contributed by atoms with Gasteiger partial charge in [-0.05, 0) is 56.9 Å². The van der Waals surface area contributed by atoms with E-state index in [9.17, 15) is 18.0 Å². The molecule has 1 rings (SSSR count). The first-order valence-electron chi connectivity index (χ1n) is 7.78. The minimum absolute atomic E-state index is 0.244. The molecule has 0 bridgehead atoms. The number of halogens is 3. The predicted molar refractivity (Wildman–Crippen MR) is 88.9 cm³/mol. The number of ether oxygens (including phenoxy) is 1. The van der Waals surface area contributed by atoms with Crippen LogP contribution in [-0.2, 0) is 15.7 Å². The topological polar surface area (TPSA) is 38.3 Å². The number of hydrogen-bond acceptors (Lipinski definition) is 3. The molecule has 0 aliphatic heterocycles. The Balaban J connectivity index is 3.17. The van der Waals surface area contributed by atoms with Crippen LogP contribution in [-0.4, -0.2) is 17.6 Å². The summed E-state index contributed by atoms with van der Waals surface area (Å²) in [6.07, 6.45) is -4.44. The second-order valence-electron chi connectivity index (χ2n) is 8.06. The number of benzene rings is 1. The van der Waals surface area contributed by atoms with Crippen LogP contribution in [0.25, 0.3) is 0 Å². The molecular formula is C18H26F3NO2. The van der Waals surface area contributed by atoms with E-state index in [2.05, 4.69) is 5.32 Å². The largest absolute Gasteiger partial charge is 0.458 e. The van der Waals surface area contributed by atoms with E-state index < -0.39 is 34.8 Å². The fourth-order valence-corrected chi connectivity index (χ4v) is 2.19. The lowest BCUT2D eigenvalue weighted by atomic mass is 9.86. The molecule has 1 aromatic carbocycles. The van der Waals surface area contributed by atoms with Crippen LogP contribution in [0.2, 0.25) is 0 Å². The van der Waals surface area contributed by atoms with Gasteiger partial charge in [-0.1, -0.05) is 20.8 Å². The third-order valence-electron chi connectivity index (χ3n) is 3.22. The second-order valence-corrected chi connectivity index (χ2v) is 8.06. The van der Waals surface area contributed by atoms with Crippen LogP contribution in [0.4, 0.5) is 18.9 Å². The number of alkyl halides is 3. The van der Waals surface area contributed by atoms with Crippen molar-refractivity contribution in [1.82, 2.24) is 0 Å². The van der Waals surface area contributed by atoms with Gasteiger partial charge in [-0.15, -0.1) is 0 Å². The second kappa shape index (κ2) is 6.65. The monoisotopic (exact) mass is 345 g/mol. The van der Waals surface area contributed by atoms with Crippen LogP contribution in [0.1, 0.15) is 52.7 Å². The van der Waals surface area contributed by atoms with Crippen LogP contribution < -0.4 is 5.32 Å². The SMILES string of the molecule is Cc1cc(N[C@H](C(=O)OC(C)(C)C)C(C)(C)C)cc(C(F)(F)F)c1. The van der Waals surface area contributed by atoms with Gasteiger partial charge in [-0.25, -0.2) is 4.79 Å². The number of hydrogen-bond donors (Lipinski definition) is 1. The highest BCUT2D eigenvalue weighted by molar-refractivity contribution is 5.80. The van der Waals surface area contributed by atoms with Gasteiger partial charge in [0.05, 0.1) is 5.56 Å². The first-order valence-corrected chi connectivity index (χ1v) is 7.78. The lowest BCUT2D eigenvalue weighted by Crippen LogP contribution is -2.44. The summed E-state index contributed by atoms with van der Waals surface area (Å²) >= 11 is 0. The molecule has 0 aromatic heterocycles. The molecule has 0 radical (unpaired) electrons. The number of nitrogens with one attached hydrogen (secondary N) is 1. The molecule has 0 saturated heterocycles. The number of anilines is 1. The summed E-state index contributed by atoms with van der Waals surface area (Å²) in [6.45, 7) is 12.3. The third-order valence-corrected chi connectivity index (χ3v) is 3.22. The maximum absolute atomic E-state index is 13.0. The highest BCUT2D eigenvalue weighted by Gasteiger charge is 2.36. The third kappa shape index (κ3) is 6.06. The van der Waals surface area contributed by atoms with Crippen LogP contribution >= 0.6 is 0 Å². The summed E-state index contributed by atoms with van der Waals surface area (Å²) in [6, 6.07) is 2.89.